The lowest BCUT2D eigenvalue weighted by Gasteiger charge is -2.32. The Bertz CT molecular complexity index is 1190. The molecule has 1 aliphatic heterocycles. The van der Waals surface area contributed by atoms with Gasteiger partial charge in [-0.3, -0.25) is 5.41 Å². The van der Waals surface area contributed by atoms with E-state index in [1.165, 1.54) is 0 Å². The first-order valence-corrected chi connectivity index (χ1v) is 11.6. The third kappa shape index (κ3) is 4.35. The molecule has 1 heterocycles. The lowest BCUT2D eigenvalue weighted by atomic mass is 9.77. The van der Waals surface area contributed by atoms with Crippen molar-refractivity contribution in [1.82, 2.24) is 0 Å². The Balaban J connectivity index is 1.76. The van der Waals surface area contributed by atoms with Gasteiger partial charge in [-0.2, -0.15) is 0 Å². The molecular formula is C28H33BN2O2. The number of benzene rings is 3. The highest BCUT2D eigenvalue weighted by atomic mass is 16.7. The minimum Gasteiger partial charge on any atom is -0.399 e. The van der Waals surface area contributed by atoms with Crippen molar-refractivity contribution < 1.29 is 9.31 Å². The summed E-state index contributed by atoms with van der Waals surface area (Å²) < 4.78 is 12.5. The van der Waals surface area contributed by atoms with E-state index < -0.39 is 18.3 Å². The van der Waals surface area contributed by atoms with Crippen LogP contribution in [0.3, 0.4) is 0 Å². The van der Waals surface area contributed by atoms with Gasteiger partial charge in [0.25, 0.3) is 0 Å². The summed E-state index contributed by atoms with van der Waals surface area (Å²) >= 11 is 0. The van der Waals surface area contributed by atoms with E-state index in [9.17, 15) is 5.41 Å². The maximum Gasteiger partial charge on any atom is 0.494 e. The van der Waals surface area contributed by atoms with E-state index in [1.54, 1.807) is 0 Å². The second kappa shape index (κ2) is 8.81. The SMILES string of the molecule is C=CC(CC)Nc1ccc2ccccc2c1C(=N)c1cccc(B2OC(C)(C)C(C)(C)O2)c1. The highest BCUT2D eigenvalue weighted by Crippen LogP contribution is 2.36. The number of anilines is 1. The lowest BCUT2D eigenvalue weighted by molar-refractivity contribution is 0.00578. The Morgan fingerprint density at radius 2 is 1.73 bits per heavy atom. The maximum atomic E-state index is 9.23. The molecule has 1 fully saturated rings. The van der Waals surface area contributed by atoms with Gasteiger partial charge in [0.1, 0.15) is 0 Å². The summed E-state index contributed by atoms with van der Waals surface area (Å²) in [5, 5.41) is 15.0. The zero-order chi connectivity index (χ0) is 23.8. The Hall–Kier alpha value is -2.89. The molecule has 1 aliphatic rings. The van der Waals surface area contributed by atoms with Crippen LogP contribution in [0.5, 0.6) is 0 Å². The van der Waals surface area contributed by atoms with Gasteiger partial charge >= 0.3 is 7.12 Å². The van der Waals surface area contributed by atoms with Crippen molar-refractivity contribution in [1.29, 1.82) is 5.41 Å². The fourth-order valence-electron chi connectivity index (χ4n) is 4.15. The van der Waals surface area contributed by atoms with Gasteiger partial charge in [0.2, 0.25) is 0 Å². The topological polar surface area (TPSA) is 54.3 Å². The lowest BCUT2D eigenvalue weighted by Crippen LogP contribution is -2.41. The Labute approximate surface area is 197 Å². The van der Waals surface area contributed by atoms with E-state index in [-0.39, 0.29) is 6.04 Å². The number of hydrogen-bond acceptors (Lipinski definition) is 4. The fourth-order valence-corrected chi connectivity index (χ4v) is 4.15. The van der Waals surface area contributed by atoms with Crippen molar-refractivity contribution in [2.24, 2.45) is 0 Å². The van der Waals surface area contributed by atoms with Crippen molar-refractivity contribution >= 4 is 34.8 Å². The van der Waals surface area contributed by atoms with Crippen molar-refractivity contribution in [2.75, 3.05) is 5.32 Å². The average Bonchev–Trinajstić information content (AvgIpc) is 3.03. The minimum absolute atomic E-state index is 0.133. The summed E-state index contributed by atoms with van der Waals surface area (Å²) in [6.45, 7) is 14.3. The van der Waals surface area contributed by atoms with Gasteiger partial charge in [-0.15, -0.1) is 6.58 Å². The van der Waals surface area contributed by atoms with Gasteiger partial charge in [0, 0.05) is 17.3 Å². The van der Waals surface area contributed by atoms with Crippen molar-refractivity contribution in [3.8, 4) is 0 Å². The molecule has 0 aliphatic carbocycles. The van der Waals surface area contributed by atoms with E-state index in [1.807, 2.05) is 42.5 Å². The van der Waals surface area contributed by atoms with Crippen LogP contribution in [0, 0.1) is 5.41 Å². The van der Waals surface area contributed by atoms with Crippen molar-refractivity contribution in [2.45, 2.75) is 58.3 Å². The maximum absolute atomic E-state index is 9.23. The molecule has 0 radical (unpaired) electrons. The molecule has 1 atom stereocenters. The number of fused-ring (bicyclic) bond motifs is 1. The van der Waals surface area contributed by atoms with Crippen molar-refractivity contribution in [3.63, 3.8) is 0 Å². The number of nitrogens with one attached hydrogen (secondary N) is 2. The van der Waals surface area contributed by atoms with Crippen LogP contribution in [0.15, 0.2) is 73.3 Å². The first kappa shape index (κ1) is 23.3. The van der Waals surface area contributed by atoms with E-state index >= 15 is 0 Å². The van der Waals surface area contributed by atoms with Crippen LogP contribution >= 0.6 is 0 Å². The molecule has 4 nitrogen and oxygen atoms in total. The molecule has 0 amide bonds. The smallest absolute Gasteiger partial charge is 0.399 e. The zero-order valence-corrected chi connectivity index (χ0v) is 20.2. The molecule has 4 rings (SSSR count). The highest BCUT2D eigenvalue weighted by molar-refractivity contribution is 6.62. The zero-order valence-electron chi connectivity index (χ0n) is 20.2. The molecule has 3 aromatic rings. The molecule has 0 aromatic heterocycles. The van der Waals surface area contributed by atoms with E-state index in [0.717, 1.165) is 39.5 Å². The number of hydrogen-bond donors (Lipinski definition) is 2. The summed E-state index contributed by atoms with van der Waals surface area (Å²) in [5.41, 5.74) is 3.22. The first-order valence-electron chi connectivity index (χ1n) is 11.6. The van der Waals surface area contributed by atoms with Crippen LogP contribution < -0.4 is 10.8 Å². The van der Waals surface area contributed by atoms with E-state index in [0.29, 0.717) is 5.71 Å². The fraction of sp³-hybridized carbons (Fsp3) is 0.321. The quantitative estimate of drug-likeness (QED) is 0.272. The molecular weight excluding hydrogens is 407 g/mol. The highest BCUT2D eigenvalue weighted by Gasteiger charge is 2.51. The predicted octanol–water partition coefficient (Wildman–Crippen LogP) is 5.93. The molecule has 33 heavy (non-hydrogen) atoms. The number of rotatable bonds is 7. The van der Waals surface area contributed by atoms with E-state index in [2.05, 4.69) is 70.8 Å². The monoisotopic (exact) mass is 440 g/mol. The minimum atomic E-state index is -0.460. The molecule has 5 heteroatoms. The summed E-state index contributed by atoms with van der Waals surface area (Å²) in [7, 11) is -0.460. The molecule has 0 bridgehead atoms. The third-order valence-electron chi connectivity index (χ3n) is 6.94. The predicted molar refractivity (Wildman–Crippen MR) is 140 cm³/mol. The van der Waals surface area contributed by atoms with Crippen LogP contribution in [-0.4, -0.2) is 30.1 Å². The molecule has 2 N–H and O–H groups in total. The van der Waals surface area contributed by atoms with Crippen LogP contribution in [0.1, 0.15) is 52.2 Å². The standard InChI is InChI=1S/C28H33BN2O2/c1-7-22(8-2)31-24-17-16-19-12-9-10-15-23(19)25(24)26(30)20-13-11-14-21(18-20)29-32-27(3,4)28(5,6)33-29/h7,9-18,22,30-31H,1,8H2,2-6H3. The average molecular weight is 440 g/mol. The van der Waals surface area contributed by atoms with Crippen LogP contribution in [-0.2, 0) is 9.31 Å². The Morgan fingerprint density at radius 1 is 1.03 bits per heavy atom. The van der Waals surface area contributed by atoms with Gasteiger partial charge < -0.3 is 14.6 Å². The summed E-state index contributed by atoms with van der Waals surface area (Å²) in [6, 6.07) is 20.5. The van der Waals surface area contributed by atoms with Crippen LogP contribution in [0.25, 0.3) is 10.8 Å². The second-order valence-electron chi connectivity index (χ2n) is 9.69. The van der Waals surface area contributed by atoms with Crippen LogP contribution in [0.4, 0.5) is 5.69 Å². The van der Waals surface area contributed by atoms with Gasteiger partial charge in [-0.25, -0.2) is 0 Å². The molecule has 1 saturated heterocycles. The molecule has 3 aromatic carbocycles. The molecule has 1 unspecified atom stereocenters. The van der Waals surface area contributed by atoms with Gasteiger partial charge in [0.05, 0.1) is 16.9 Å². The molecule has 0 spiro atoms. The summed E-state index contributed by atoms with van der Waals surface area (Å²) in [6.07, 6.45) is 2.84. The van der Waals surface area contributed by atoms with Crippen molar-refractivity contribution in [3.05, 3.63) is 84.4 Å². The normalized spacial score (nSPS) is 17.7. The molecule has 0 saturated carbocycles. The Morgan fingerprint density at radius 3 is 2.39 bits per heavy atom. The summed E-state index contributed by atoms with van der Waals surface area (Å²) in [5.74, 6) is 0. The van der Waals surface area contributed by atoms with Crippen LogP contribution in [0.2, 0.25) is 0 Å². The largest absolute Gasteiger partial charge is 0.494 e. The summed E-state index contributed by atoms with van der Waals surface area (Å²) in [4.78, 5) is 0. The van der Waals surface area contributed by atoms with E-state index in [4.69, 9.17) is 9.31 Å². The third-order valence-corrected chi connectivity index (χ3v) is 6.94. The Kier molecular flexibility index (Phi) is 6.21. The van der Waals surface area contributed by atoms with Gasteiger partial charge in [0.15, 0.2) is 0 Å². The first-order chi connectivity index (χ1) is 15.7. The van der Waals surface area contributed by atoms with Gasteiger partial charge in [-0.1, -0.05) is 67.6 Å². The van der Waals surface area contributed by atoms with Gasteiger partial charge in [-0.05, 0) is 62.0 Å². The second-order valence-corrected chi connectivity index (χ2v) is 9.69. The molecule has 170 valence electrons.